The van der Waals surface area contributed by atoms with E-state index in [0.717, 1.165) is 41.5 Å². The Morgan fingerprint density at radius 3 is 2.42 bits per heavy atom. The average molecular weight is 689 g/mol. The van der Waals surface area contributed by atoms with E-state index in [1.54, 1.807) is 11.8 Å². The zero-order valence-corrected chi connectivity index (χ0v) is 26.6. The van der Waals surface area contributed by atoms with Crippen LogP contribution in [0.4, 0.5) is 27.8 Å². The first-order valence-electron chi connectivity index (χ1n) is 15.0. The standard InChI is InChI=1S/C32H29F5N6O4S/c1-4-25(44)41-12-13-42(17(2)16-41)29-21-15-23(34)27(20-9-8-19(33)14-22(20)32(35,36)37)39-30(21)43(31(45)40-29)28-24(48(3,46)47)10-11-38-26(28)18-6-5-7-18/h4,8-11,14-15,17-18H,1,5-7,12-13,16H2,2-3H3/t17-/m0/s1. The number of carbonyl (C=O) groups excluding carboxylic acids is 1. The number of fused-ring (bicyclic) bond motifs is 1. The fraction of sp³-hybridized carbons (Fsp3) is 0.344. The topological polar surface area (TPSA) is 118 Å². The molecule has 1 aliphatic heterocycles. The van der Waals surface area contributed by atoms with Gasteiger partial charge in [0, 0.05) is 49.6 Å². The number of hydrogen-bond acceptors (Lipinski definition) is 8. The minimum atomic E-state index is -5.11. The van der Waals surface area contributed by atoms with E-state index in [9.17, 15) is 35.6 Å². The van der Waals surface area contributed by atoms with Crippen LogP contribution in [0.1, 0.15) is 43.4 Å². The first kappa shape index (κ1) is 33.2. The molecule has 16 heteroatoms. The van der Waals surface area contributed by atoms with Crippen molar-refractivity contribution in [3.05, 3.63) is 82.6 Å². The van der Waals surface area contributed by atoms with Crippen molar-refractivity contribution in [2.45, 2.75) is 49.2 Å². The van der Waals surface area contributed by atoms with Gasteiger partial charge in [0.05, 0.1) is 27.2 Å². The van der Waals surface area contributed by atoms with E-state index in [1.807, 2.05) is 0 Å². The summed E-state index contributed by atoms with van der Waals surface area (Å²) in [7, 11) is -4.04. The summed E-state index contributed by atoms with van der Waals surface area (Å²) in [5.74, 6) is -3.06. The van der Waals surface area contributed by atoms with Crippen molar-refractivity contribution in [2.75, 3.05) is 30.8 Å². The molecule has 48 heavy (non-hydrogen) atoms. The summed E-state index contributed by atoms with van der Waals surface area (Å²) in [5.41, 5.74) is -4.47. The molecule has 10 nitrogen and oxygen atoms in total. The summed E-state index contributed by atoms with van der Waals surface area (Å²) in [6.45, 7) is 5.75. The smallest absolute Gasteiger partial charge is 0.350 e. The highest BCUT2D eigenvalue weighted by molar-refractivity contribution is 7.90. The minimum Gasteiger partial charge on any atom is -0.350 e. The van der Waals surface area contributed by atoms with Gasteiger partial charge in [-0.3, -0.25) is 9.78 Å². The molecule has 252 valence electrons. The number of anilines is 1. The van der Waals surface area contributed by atoms with Crippen molar-refractivity contribution < 1.29 is 35.2 Å². The van der Waals surface area contributed by atoms with Crippen LogP contribution in [0.2, 0.25) is 0 Å². The molecule has 1 aliphatic carbocycles. The molecule has 1 amide bonds. The molecule has 0 bridgehead atoms. The van der Waals surface area contributed by atoms with Crippen molar-refractivity contribution in [3.63, 3.8) is 0 Å². The highest BCUT2D eigenvalue weighted by atomic mass is 32.2. The number of rotatable bonds is 6. The number of hydrogen-bond donors (Lipinski definition) is 0. The maximum absolute atomic E-state index is 16.1. The van der Waals surface area contributed by atoms with Crippen LogP contribution >= 0.6 is 0 Å². The number of aromatic nitrogens is 4. The third-order valence-electron chi connectivity index (χ3n) is 8.76. The molecule has 0 unspecified atom stereocenters. The van der Waals surface area contributed by atoms with Gasteiger partial charge in [0.25, 0.3) is 0 Å². The molecule has 1 saturated carbocycles. The quantitative estimate of drug-likeness (QED) is 0.205. The molecular formula is C32H29F5N6O4S. The lowest BCUT2D eigenvalue weighted by atomic mass is 9.82. The van der Waals surface area contributed by atoms with Crippen LogP contribution in [0.5, 0.6) is 0 Å². The summed E-state index contributed by atoms with van der Waals surface area (Å²) in [5, 5.41) is -0.107. The van der Waals surface area contributed by atoms with Crippen LogP contribution in [0.25, 0.3) is 28.0 Å². The van der Waals surface area contributed by atoms with Crippen molar-refractivity contribution in [3.8, 4) is 16.9 Å². The zero-order valence-electron chi connectivity index (χ0n) is 25.8. The average Bonchev–Trinajstić information content (AvgIpc) is 2.99. The van der Waals surface area contributed by atoms with E-state index in [4.69, 9.17) is 0 Å². The molecular weight excluding hydrogens is 659 g/mol. The zero-order chi connectivity index (χ0) is 34.7. The predicted octanol–water partition coefficient (Wildman–Crippen LogP) is 5.03. The highest BCUT2D eigenvalue weighted by Gasteiger charge is 2.37. The molecule has 6 rings (SSSR count). The van der Waals surface area contributed by atoms with Crippen LogP contribution in [-0.2, 0) is 20.8 Å². The number of alkyl halides is 3. The monoisotopic (exact) mass is 688 g/mol. The fourth-order valence-corrected chi connectivity index (χ4v) is 7.09. The number of benzene rings is 1. The number of carbonyl (C=O) groups is 1. The van der Waals surface area contributed by atoms with Crippen LogP contribution < -0.4 is 10.6 Å². The Labute approximate surface area is 271 Å². The summed E-state index contributed by atoms with van der Waals surface area (Å²) >= 11 is 0. The molecule has 1 saturated heterocycles. The number of amides is 1. The van der Waals surface area contributed by atoms with Crippen molar-refractivity contribution in [1.82, 2.24) is 24.4 Å². The Bertz CT molecular complexity index is 2150. The first-order chi connectivity index (χ1) is 22.6. The molecule has 1 atom stereocenters. The van der Waals surface area contributed by atoms with Gasteiger partial charge in [-0.2, -0.15) is 18.2 Å². The van der Waals surface area contributed by atoms with Gasteiger partial charge in [-0.05, 0) is 56.2 Å². The number of pyridine rings is 2. The van der Waals surface area contributed by atoms with Crippen molar-refractivity contribution >= 4 is 32.6 Å². The highest BCUT2D eigenvalue weighted by Crippen LogP contribution is 2.42. The maximum Gasteiger partial charge on any atom is 0.417 e. The molecule has 2 fully saturated rings. The molecule has 0 radical (unpaired) electrons. The second-order valence-electron chi connectivity index (χ2n) is 11.9. The van der Waals surface area contributed by atoms with Crippen LogP contribution in [-0.4, -0.2) is 70.7 Å². The first-order valence-corrected chi connectivity index (χ1v) is 16.9. The van der Waals surface area contributed by atoms with Crippen LogP contribution in [0.15, 0.2) is 58.9 Å². The SMILES string of the molecule is C=CC(=O)N1CCN(c2nc(=O)n(-c3c(S(C)(=O)=O)ccnc3C3CCC3)c3nc(-c4ccc(F)cc4C(F)(F)F)c(F)cc23)[C@@H](C)C1. The van der Waals surface area contributed by atoms with Crippen molar-refractivity contribution in [1.29, 1.82) is 0 Å². The van der Waals surface area contributed by atoms with Gasteiger partial charge < -0.3 is 9.80 Å². The second-order valence-corrected chi connectivity index (χ2v) is 13.9. The Balaban J connectivity index is 1.70. The van der Waals surface area contributed by atoms with Gasteiger partial charge >= 0.3 is 11.9 Å². The lowest BCUT2D eigenvalue weighted by Gasteiger charge is -2.40. The fourth-order valence-electron chi connectivity index (χ4n) is 6.23. The van der Waals surface area contributed by atoms with Gasteiger partial charge in [-0.25, -0.2) is 31.5 Å². The molecule has 3 aromatic heterocycles. The van der Waals surface area contributed by atoms with Gasteiger partial charge in [-0.1, -0.05) is 13.0 Å². The third kappa shape index (κ3) is 5.82. The number of halogens is 5. The van der Waals surface area contributed by atoms with Crippen LogP contribution in [0.3, 0.4) is 0 Å². The van der Waals surface area contributed by atoms with Gasteiger partial charge in [0.1, 0.15) is 23.1 Å². The molecule has 4 aromatic rings. The summed E-state index contributed by atoms with van der Waals surface area (Å²) in [6.07, 6.45) is 0.368. The number of piperazine rings is 1. The van der Waals surface area contributed by atoms with E-state index in [0.29, 0.717) is 12.8 Å². The third-order valence-corrected chi connectivity index (χ3v) is 9.89. The summed E-state index contributed by atoms with van der Waals surface area (Å²) < 4.78 is 99.5. The largest absolute Gasteiger partial charge is 0.417 e. The minimum absolute atomic E-state index is 0.0625. The Morgan fingerprint density at radius 2 is 1.81 bits per heavy atom. The summed E-state index contributed by atoms with van der Waals surface area (Å²) in [6, 6.07) is 3.29. The molecule has 4 heterocycles. The number of nitrogens with zero attached hydrogens (tertiary/aromatic N) is 6. The lowest BCUT2D eigenvalue weighted by molar-refractivity contribution is -0.137. The Kier molecular flexibility index (Phi) is 8.34. The normalized spacial score (nSPS) is 17.4. The van der Waals surface area contributed by atoms with Gasteiger partial charge in [0.2, 0.25) is 5.91 Å². The molecule has 1 aromatic carbocycles. The lowest BCUT2D eigenvalue weighted by Crippen LogP contribution is -2.54. The maximum atomic E-state index is 16.1. The van der Waals surface area contributed by atoms with E-state index < -0.39 is 56.2 Å². The van der Waals surface area contributed by atoms with Crippen molar-refractivity contribution in [2.24, 2.45) is 0 Å². The van der Waals surface area contributed by atoms with Gasteiger partial charge in [-0.15, -0.1) is 0 Å². The van der Waals surface area contributed by atoms with E-state index >= 15 is 4.39 Å². The Hall–Kier alpha value is -4.73. The molecule has 0 spiro atoms. The van der Waals surface area contributed by atoms with E-state index in [1.165, 1.54) is 17.2 Å². The second kappa shape index (κ2) is 12.1. The van der Waals surface area contributed by atoms with Gasteiger partial charge in [0.15, 0.2) is 15.5 Å². The number of sulfone groups is 1. The van der Waals surface area contributed by atoms with E-state index in [2.05, 4.69) is 21.5 Å². The molecule has 2 aliphatic rings. The molecule has 0 N–H and O–H groups in total. The summed E-state index contributed by atoms with van der Waals surface area (Å²) in [4.78, 5) is 42.3. The Morgan fingerprint density at radius 1 is 1.08 bits per heavy atom. The predicted molar refractivity (Wildman–Crippen MR) is 167 cm³/mol. The van der Waals surface area contributed by atoms with E-state index in [-0.39, 0.29) is 70.7 Å². The van der Waals surface area contributed by atoms with Crippen LogP contribution in [0, 0.1) is 11.6 Å².